The second-order valence-corrected chi connectivity index (χ2v) is 9.98. The number of carbonyl (C=O) groups excluding carboxylic acids is 1. The van der Waals surface area contributed by atoms with Crippen molar-refractivity contribution in [2.45, 2.75) is 69.8 Å². The van der Waals surface area contributed by atoms with Gasteiger partial charge in [-0.25, -0.2) is 0 Å². The van der Waals surface area contributed by atoms with Gasteiger partial charge < -0.3 is 5.32 Å². The molecule has 2 aliphatic carbocycles. The van der Waals surface area contributed by atoms with Crippen LogP contribution < -0.4 is 5.32 Å². The van der Waals surface area contributed by atoms with Crippen LogP contribution in [0, 0.1) is 31.6 Å². The number of nitrogens with zero attached hydrogens (tertiary/aromatic N) is 3. The third kappa shape index (κ3) is 3.84. The highest BCUT2D eigenvalue weighted by molar-refractivity contribution is 8.00. The summed E-state index contributed by atoms with van der Waals surface area (Å²) in [5.74, 6) is 2.46. The summed E-state index contributed by atoms with van der Waals surface area (Å²) < 4.78 is 1.97. The molecule has 5 atom stereocenters. The van der Waals surface area contributed by atoms with E-state index in [0.717, 1.165) is 22.7 Å². The summed E-state index contributed by atoms with van der Waals surface area (Å²) in [5.41, 5.74) is 3.45. The molecule has 2 bridgehead atoms. The van der Waals surface area contributed by atoms with Gasteiger partial charge in [0.25, 0.3) is 0 Å². The van der Waals surface area contributed by atoms with Crippen LogP contribution in [0.1, 0.15) is 50.7 Å². The van der Waals surface area contributed by atoms with Gasteiger partial charge in [0, 0.05) is 6.04 Å². The zero-order valence-corrected chi connectivity index (χ0v) is 18.0. The maximum Gasteiger partial charge on any atom is 0.233 e. The van der Waals surface area contributed by atoms with Crippen molar-refractivity contribution < 1.29 is 4.79 Å². The van der Waals surface area contributed by atoms with E-state index in [1.807, 2.05) is 11.5 Å². The minimum Gasteiger partial charge on any atom is -0.352 e. The van der Waals surface area contributed by atoms with Gasteiger partial charge in [-0.15, -0.1) is 10.2 Å². The first-order chi connectivity index (χ1) is 13.4. The number of hydrogen-bond donors (Lipinski definition) is 1. The maximum atomic E-state index is 12.8. The smallest absolute Gasteiger partial charge is 0.233 e. The fourth-order valence-corrected chi connectivity index (χ4v) is 5.96. The van der Waals surface area contributed by atoms with Crippen LogP contribution in [0.4, 0.5) is 0 Å². The average molecular weight is 399 g/mol. The molecule has 1 heterocycles. The molecule has 2 fully saturated rings. The molecule has 1 amide bonds. The number of fused-ring (bicyclic) bond motifs is 2. The van der Waals surface area contributed by atoms with Crippen molar-refractivity contribution >= 4 is 17.7 Å². The van der Waals surface area contributed by atoms with Crippen molar-refractivity contribution in [2.24, 2.45) is 17.8 Å². The van der Waals surface area contributed by atoms with Crippen molar-refractivity contribution in [1.29, 1.82) is 0 Å². The molecule has 6 heteroatoms. The fourth-order valence-electron chi connectivity index (χ4n) is 5.11. The van der Waals surface area contributed by atoms with E-state index in [-0.39, 0.29) is 17.2 Å². The van der Waals surface area contributed by atoms with Crippen LogP contribution in [0.5, 0.6) is 0 Å². The number of thioether (sulfide) groups is 1. The summed E-state index contributed by atoms with van der Waals surface area (Å²) >= 11 is 1.47. The van der Waals surface area contributed by atoms with Crippen molar-refractivity contribution in [3.63, 3.8) is 0 Å². The highest BCUT2D eigenvalue weighted by Gasteiger charge is 2.42. The molecule has 1 N–H and O–H groups in total. The van der Waals surface area contributed by atoms with E-state index in [1.165, 1.54) is 48.6 Å². The van der Waals surface area contributed by atoms with Gasteiger partial charge in [-0.2, -0.15) is 0 Å². The number of carbonyl (C=O) groups is 1. The van der Waals surface area contributed by atoms with Crippen molar-refractivity contribution in [3.8, 4) is 5.69 Å². The van der Waals surface area contributed by atoms with E-state index < -0.39 is 0 Å². The van der Waals surface area contributed by atoms with Gasteiger partial charge in [-0.05, 0) is 76.3 Å². The van der Waals surface area contributed by atoms with Crippen molar-refractivity contribution in [3.05, 3.63) is 35.7 Å². The lowest BCUT2D eigenvalue weighted by Crippen LogP contribution is -2.43. The first kappa shape index (κ1) is 19.5. The van der Waals surface area contributed by atoms with Gasteiger partial charge >= 0.3 is 0 Å². The molecule has 28 heavy (non-hydrogen) atoms. The van der Waals surface area contributed by atoms with E-state index in [4.69, 9.17) is 0 Å². The molecule has 2 saturated carbocycles. The van der Waals surface area contributed by atoms with Crippen LogP contribution in [-0.4, -0.2) is 32.0 Å². The third-order valence-corrected chi connectivity index (χ3v) is 7.64. The van der Waals surface area contributed by atoms with Crippen molar-refractivity contribution in [1.82, 2.24) is 20.1 Å². The number of nitrogens with one attached hydrogen (secondary N) is 1. The monoisotopic (exact) mass is 398 g/mol. The Morgan fingerprint density at radius 1 is 1.25 bits per heavy atom. The van der Waals surface area contributed by atoms with Gasteiger partial charge in [-0.1, -0.05) is 35.9 Å². The summed E-state index contributed by atoms with van der Waals surface area (Å²) in [6.07, 6.45) is 7.12. The number of amides is 1. The second-order valence-electron chi connectivity index (χ2n) is 8.67. The Kier molecular flexibility index (Phi) is 5.50. The molecule has 1 aromatic carbocycles. The topological polar surface area (TPSA) is 59.8 Å². The van der Waals surface area contributed by atoms with Crippen LogP contribution in [0.2, 0.25) is 0 Å². The van der Waals surface area contributed by atoms with E-state index >= 15 is 0 Å². The zero-order valence-electron chi connectivity index (χ0n) is 17.2. The molecule has 0 spiro atoms. The Balaban J connectivity index is 1.40. The Bertz CT molecular complexity index is 864. The van der Waals surface area contributed by atoms with E-state index in [1.54, 1.807) is 6.33 Å². The minimum absolute atomic E-state index is 0.0930. The van der Waals surface area contributed by atoms with E-state index in [0.29, 0.717) is 5.92 Å². The molecular formula is C22H30N4OS. The zero-order chi connectivity index (χ0) is 19.8. The first-order valence-corrected chi connectivity index (χ1v) is 11.2. The number of benzene rings is 1. The van der Waals surface area contributed by atoms with Gasteiger partial charge in [-0.3, -0.25) is 9.36 Å². The lowest BCUT2D eigenvalue weighted by molar-refractivity contribution is -0.121. The van der Waals surface area contributed by atoms with Crippen LogP contribution >= 0.6 is 11.8 Å². The highest BCUT2D eigenvalue weighted by Crippen LogP contribution is 2.49. The molecule has 4 rings (SSSR count). The summed E-state index contributed by atoms with van der Waals surface area (Å²) in [5, 5.41) is 12.2. The molecule has 2 aliphatic rings. The van der Waals surface area contributed by atoms with Gasteiger partial charge in [0.2, 0.25) is 5.91 Å². The van der Waals surface area contributed by atoms with Crippen LogP contribution in [0.25, 0.3) is 5.69 Å². The lowest BCUT2D eigenvalue weighted by atomic mass is 9.84. The first-order valence-electron chi connectivity index (χ1n) is 10.4. The molecule has 1 aromatic heterocycles. The number of hydrogen-bond acceptors (Lipinski definition) is 4. The normalized spacial score (nSPS) is 25.6. The summed E-state index contributed by atoms with van der Waals surface area (Å²) in [7, 11) is 0. The van der Waals surface area contributed by atoms with Crippen LogP contribution in [-0.2, 0) is 4.79 Å². The standard InChI is InChI=1S/C22H30N4OS/c1-13-5-8-20(14(2)9-13)26-12-23-25-22(26)28-16(4)21(27)24-15(3)19-11-17-6-7-18(19)10-17/h5,8-9,12,15-19H,6-7,10-11H2,1-4H3,(H,24,27). The van der Waals surface area contributed by atoms with E-state index in [9.17, 15) is 4.79 Å². The number of aromatic nitrogens is 3. The van der Waals surface area contributed by atoms with Gasteiger partial charge in [0.1, 0.15) is 6.33 Å². The lowest BCUT2D eigenvalue weighted by Gasteiger charge is -2.29. The Morgan fingerprint density at radius 3 is 2.75 bits per heavy atom. The highest BCUT2D eigenvalue weighted by atomic mass is 32.2. The molecule has 2 aromatic rings. The summed E-state index contributed by atoms with van der Waals surface area (Å²) in [4.78, 5) is 12.8. The SMILES string of the molecule is Cc1ccc(-n2cnnc2SC(C)C(=O)NC(C)C2CC3CCC2C3)c(C)c1. The molecule has 0 aliphatic heterocycles. The summed E-state index contributed by atoms with van der Waals surface area (Å²) in [6, 6.07) is 6.57. The predicted octanol–water partition coefficient (Wildman–Crippen LogP) is 4.31. The number of rotatable bonds is 6. The third-order valence-electron chi connectivity index (χ3n) is 6.58. The molecule has 5 nitrogen and oxygen atoms in total. The van der Waals surface area contributed by atoms with Gasteiger partial charge in [0.05, 0.1) is 10.9 Å². The Labute approximate surface area is 171 Å². The Hall–Kier alpha value is -1.82. The summed E-state index contributed by atoms with van der Waals surface area (Å²) in [6.45, 7) is 8.31. The quantitative estimate of drug-likeness (QED) is 0.737. The van der Waals surface area contributed by atoms with Crippen LogP contribution in [0.15, 0.2) is 29.7 Å². The maximum absolute atomic E-state index is 12.8. The molecule has 0 radical (unpaired) electrons. The predicted molar refractivity (Wildman–Crippen MR) is 113 cm³/mol. The van der Waals surface area contributed by atoms with Crippen molar-refractivity contribution in [2.75, 3.05) is 0 Å². The molecule has 0 saturated heterocycles. The Morgan fingerprint density at radius 2 is 2.07 bits per heavy atom. The average Bonchev–Trinajstić information content (AvgIpc) is 3.38. The molecular weight excluding hydrogens is 368 g/mol. The number of aryl methyl sites for hydroxylation is 2. The van der Waals surface area contributed by atoms with E-state index in [2.05, 4.69) is 54.5 Å². The second kappa shape index (κ2) is 7.90. The molecule has 150 valence electrons. The van der Waals surface area contributed by atoms with Crippen LogP contribution in [0.3, 0.4) is 0 Å². The largest absolute Gasteiger partial charge is 0.352 e. The minimum atomic E-state index is -0.213. The molecule has 5 unspecified atom stereocenters. The fraction of sp³-hybridized carbons (Fsp3) is 0.591. The van der Waals surface area contributed by atoms with Gasteiger partial charge in [0.15, 0.2) is 5.16 Å².